The lowest BCUT2D eigenvalue weighted by Crippen LogP contribution is -2.44. The quantitative estimate of drug-likeness (QED) is 0.813. The van der Waals surface area contributed by atoms with Gasteiger partial charge in [-0.3, -0.25) is 9.59 Å². The Bertz CT molecular complexity index is 533. The normalized spacial score (nSPS) is 16.6. The molecule has 0 radical (unpaired) electrons. The van der Waals surface area contributed by atoms with Crippen LogP contribution in [0.1, 0.15) is 45.1 Å². The summed E-state index contributed by atoms with van der Waals surface area (Å²) in [6.07, 6.45) is 3.10. The van der Waals surface area contributed by atoms with Crippen molar-refractivity contribution in [2.45, 2.75) is 46.0 Å². The first-order valence-corrected chi connectivity index (χ1v) is 7.87. The lowest BCUT2D eigenvalue weighted by molar-refractivity contribution is -0.157. The van der Waals surface area contributed by atoms with Crippen LogP contribution in [-0.2, 0) is 16.0 Å². The zero-order valence-electron chi connectivity index (χ0n) is 13.4. The SMILES string of the molecule is CC(C)(CNC(=O)CC1(C(=O)O)CCC1)Cc1ccccc1. The molecule has 1 aromatic carbocycles. The molecular weight excluding hydrogens is 278 g/mol. The first-order valence-electron chi connectivity index (χ1n) is 7.87. The summed E-state index contributed by atoms with van der Waals surface area (Å²) in [6.45, 7) is 4.77. The van der Waals surface area contributed by atoms with Crippen molar-refractivity contribution in [1.29, 1.82) is 0 Å². The van der Waals surface area contributed by atoms with Crippen LogP contribution in [0.2, 0.25) is 0 Å². The van der Waals surface area contributed by atoms with Gasteiger partial charge >= 0.3 is 5.97 Å². The summed E-state index contributed by atoms with van der Waals surface area (Å²) in [7, 11) is 0. The van der Waals surface area contributed by atoms with Gasteiger partial charge in [0.25, 0.3) is 0 Å². The van der Waals surface area contributed by atoms with Gasteiger partial charge in [0.05, 0.1) is 5.41 Å². The van der Waals surface area contributed by atoms with E-state index in [-0.39, 0.29) is 17.7 Å². The largest absolute Gasteiger partial charge is 0.481 e. The molecule has 120 valence electrons. The zero-order chi connectivity index (χ0) is 16.2. The van der Waals surface area contributed by atoms with Gasteiger partial charge in [0, 0.05) is 13.0 Å². The molecule has 4 heteroatoms. The summed E-state index contributed by atoms with van der Waals surface area (Å²) in [6, 6.07) is 10.2. The third kappa shape index (κ3) is 4.09. The number of carbonyl (C=O) groups excluding carboxylic acids is 1. The summed E-state index contributed by atoms with van der Waals surface area (Å²) in [5.41, 5.74) is 0.364. The Morgan fingerprint density at radius 3 is 2.36 bits per heavy atom. The molecule has 0 aliphatic heterocycles. The second kappa shape index (κ2) is 6.51. The minimum atomic E-state index is -0.836. The Kier molecular flexibility index (Phi) is 4.89. The zero-order valence-corrected chi connectivity index (χ0v) is 13.4. The van der Waals surface area contributed by atoms with E-state index in [1.54, 1.807) is 0 Å². The summed E-state index contributed by atoms with van der Waals surface area (Å²) >= 11 is 0. The van der Waals surface area contributed by atoms with Gasteiger partial charge in [-0.15, -0.1) is 0 Å². The van der Waals surface area contributed by atoms with Gasteiger partial charge in [0.1, 0.15) is 0 Å². The fourth-order valence-corrected chi connectivity index (χ4v) is 2.99. The fraction of sp³-hybridized carbons (Fsp3) is 0.556. The molecule has 0 heterocycles. The molecule has 2 rings (SSSR count). The van der Waals surface area contributed by atoms with Crippen LogP contribution in [0.4, 0.5) is 0 Å². The number of aliphatic carboxylic acids is 1. The van der Waals surface area contributed by atoms with E-state index in [2.05, 4.69) is 31.3 Å². The van der Waals surface area contributed by atoms with E-state index in [4.69, 9.17) is 0 Å². The third-order valence-corrected chi connectivity index (χ3v) is 4.55. The summed E-state index contributed by atoms with van der Waals surface area (Å²) in [5.74, 6) is -0.985. The highest BCUT2D eigenvalue weighted by atomic mass is 16.4. The summed E-state index contributed by atoms with van der Waals surface area (Å²) in [5, 5.41) is 12.2. The molecule has 1 aliphatic carbocycles. The molecule has 1 aromatic rings. The first-order chi connectivity index (χ1) is 10.3. The van der Waals surface area contributed by atoms with Crippen LogP contribution in [0.25, 0.3) is 0 Å². The number of rotatable bonds is 7. The van der Waals surface area contributed by atoms with Gasteiger partial charge < -0.3 is 10.4 Å². The number of amides is 1. The molecule has 1 aliphatic rings. The Hall–Kier alpha value is -1.84. The number of hydrogen-bond acceptors (Lipinski definition) is 2. The van der Waals surface area contributed by atoms with Crippen LogP contribution in [0.5, 0.6) is 0 Å². The summed E-state index contributed by atoms with van der Waals surface area (Å²) in [4.78, 5) is 23.4. The van der Waals surface area contributed by atoms with Crippen molar-refractivity contribution < 1.29 is 14.7 Å². The van der Waals surface area contributed by atoms with Crippen LogP contribution in [-0.4, -0.2) is 23.5 Å². The van der Waals surface area contributed by atoms with E-state index in [0.717, 1.165) is 12.8 Å². The van der Waals surface area contributed by atoms with Crippen molar-refractivity contribution in [2.75, 3.05) is 6.54 Å². The predicted molar refractivity (Wildman–Crippen MR) is 85.5 cm³/mol. The van der Waals surface area contributed by atoms with E-state index in [9.17, 15) is 14.7 Å². The smallest absolute Gasteiger partial charge is 0.310 e. The van der Waals surface area contributed by atoms with Gasteiger partial charge in [0.15, 0.2) is 0 Å². The molecule has 1 saturated carbocycles. The highest BCUT2D eigenvalue weighted by Crippen LogP contribution is 2.44. The van der Waals surface area contributed by atoms with Crippen LogP contribution in [0.15, 0.2) is 30.3 Å². The van der Waals surface area contributed by atoms with Crippen molar-refractivity contribution in [2.24, 2.45) is 10.8 Å². The highest BCUT2D eigenvalue weighted by Gasteiger charge is 2.45. The third-order valence-electron chi connectivity index (χ3n) is 4.55. The number of hydrogen-bond donors (Lipinski definition) is 2. The highest BCUT2D eigenvalue weighted by molar-refractivity contribution is 5.85. The van der Waals surface area contributed by atoms with Crippen molar-refractivity contribution in [3.63, 3.8) is 0 Å². The number of carboxylic acid groups (broad SMARTS) is 1. The van der Waals surface area contributed by atoms with E-state index in [0.29, 0.717) is 19.4 Å². The van der Waals surface area contributed by atoms with Gasteiger partial charge in [-0.1, -0.05) is 50.6 Å². The number of benzene rings is 1. The molecule has 0 unspecified atom stereocenters. The second-order valence-electron chi connectivity index (χ2n) is 7.22. The molecular formula is C18H25NO3. The average Bonchev–Trinajstić information content (AvgIpc) is 2.41. The minimum Gasteiger partial charge on any atom is -0.481 e. The van der Waals surface area contributed by atoms with E-state index >= 15 is 0 Å². The van der Waals surface area contributed by atoms with Gasteiger partial charge in [-0.25, -0.2) is 0 Å². The Morgan fingerprint density at radius 1 is 1.23 bits per heavy atom. The molecule has 2 N–H and O–H groups in total. The topological polar surface area (TPSA) is 66.4 Å². The molecule has 0 bridgehead atoms. The maximum atomic E-state index is 12.1. The van der Waals surface area contributed by atoms with Crippen LogP contribution in [0.3, 0.4) is 0 Å². The Labute approximate surface area is 131 Å². The van der Waals surface area contributed by atoms with Crippen LogP contribution in [0, 0.1) is 10.8 Å². The molecule has 1 amide bonds. The maximum Gasteiger partial charge on any atom is 0.310 e. The number of carbonyl (C=O) groups is 2. The summed E-state index contributed by atoms with van der Waals surface area (Å²) < 4.78 is 0. The molecule has 0 spiro atoms. The molecule has 0 aromatic heterocycles. The van der Waals surface area contributed by atoms with Crippen LogP contribution >= 0.6 is 0 Å². The van der Waals surface area contributed by atoms with Crippen molar-refractivity contribution in [1.82, 2.24) is 5.32 Å². The number of carboxylic acids is 1. The standard InChI is InChI=1S/C18H25NO3/c1-17(2,11-14-7-4-3-5-8-14)13-19-15(20)12-18(16(21)22)9-6-10-18/h3-5,7-8H,6,9-13H2,1-2H3,(H,19,20)(H,21,22). The van der Waals surface area contributed by atoms with E-state index in [1.165, 1.54) is 5.56 Å². The molecule has 1 fully saturated rings. The van der Waals surface area contributed by atoms with E-state index in [1.807, 2.05) is 18.2 Å². The number of nitrogens with one attached hydrogen (secondary N) is 1. The maximum absolute atomic E-state index is 12.1. The minimum absolute atomic E-state index is 0.0625. The molecule has 22 heavy (non-hydrogen) atoms. The van der Waals surface area contributed by atoms with Gasteiger partial charge in [0.2, 0.25) is 5.91 Å². The Balaban J connectivity index is 1.83. The van der Waals surface area contributed by atoms with Crippen molar-refractivity contribution in [3.8, 4) is 0 Å². The van der Waals surface area contributed by atoms with Gasteiger partial charge in [-0.2, -0.15) is 0 Å². The fourth-order valence-electron chi connectivity index (χ4n) is 2.99. The lowest BCUT2D eigenvalue weighted by atomic mass is 9.66. The van der Waals surface area contributed by atoms with Crippen molar-refractivity contribution >= 4 is 11.9 Å². The molecule has 0 saturated heterocycles. The monoisotopic (exact) mass is 303 g/mol. The Morgan fingerprint density at radius 2 is 1.86 bits per heavy atom. The van der Waals surface area contributed by atoms with E-state index < -0.39 is 11.4 Å². The lowest BCUT2D eigenvalue weighted by Gasteiger charge is -2.37. The molecule has 0 atom stereocenters. The first kappa shape index (κ1) is 16.5. The van der Waals surface area contributed by atoms with Gasteiger partial charge in [-0.05, 0) is 30.2 Å². The average molecular weight is 303 g/mol. The van der Waals surface area contributed by atoms with Crippen molar-refractivity contribution in [3.05, 3.63) is 35.9 Å². The second-order valence-corrected chi connectivity index (χ2v) is 7.22. The molecule has 4 nitrogen and oxygen atoms in total. The predicted octanol–water partition coefficient (Wildman–Crippen LogP) is 3.02. The van der Waals surface area contributed by atoms with Crippen LogP contribution < -0.4 is 5.32 Å².